The Hall–Kier alpha value is -1.82. The van der Waals surface area contributed by atoms with E-state index in [1.54, 1.807) is 0 Å². The van der Waals surface area contributed by atoms with E-state index in [1.807, 2.05) is 13.8 Å². The summed E-state index contributed by atoms with van der Waals surface area (Å²) in [6.45, 7) is 3.81. The van der Waals surface area contributed by atoms with E-state index in [0.717, 1.165) is 12.5 Å². The summed E-state index contributed by atoms with van der Waals surface area (Å²) < 4.78 is 23.9. The number of ether oxygens (including phenoxy) is 2. The molecule has 112 valence electrons. The molecule has 1 amide bonds. The van der Waals surface area contributed by atoms with Crippen LogP contribution < -0.4 is 20.5 Å². The van der Waals surface area contributed by atoms with Crippen molar-refractivity contribution in [2.75, 3.05) is 19.5 Å². The van der Waals surface area contributed by atoms with Crippen molar-refractivity contribution in [2.24, 2.45) is 11.7 Å². The first-order valence-electron chi connectivity index (χ1n) is 6.42. The fraction of sp³-hybridized carbons (Fsp3) is 0.500. The third-order valence-corrected chi connectivity index (χ3v) is 3.29. The maximum absolute atomic E-state index is 13.9. The number of hydrogen-bond acceptors (Lipinski definition) is 4. The summed E-state index contributed by atoms with van der Waals surface area (Å²) >= 11 is 0. The number of carbonyl (C=O) groups is 1. The second-order valence-corrected chi connectivity index (χ2v) is 4.59. The van der Waals surface area contributed by atoms with Crippen LogP contribution in [0.5, 0.6) is 11.5 Å². The summed E-state index contributed by atoms with van der Waals surface area (Å²) in [7, 11) is 2.85. The summed E-state index contributed by atoms with van der Waals surface area (Å²) in [5, 5.41) is 2.48. The molecule has 0 saturated heterocycles. The quantitative estimate of drug-likeness (QED) is 0.839. The lowest BCUT2D eigenvalue weighted by atomic mass is 9.99. The van der Waals surface area contributed by atoms with Crippen LogP contribution in [0.2, 0.25) is 0 Å². The molecule has 0 spiro atoms. The number of amides is 1. The minimum atomic E-state index is -0.688. The van der Waals surface area contributed by atoms with Gasteiger partial charge in [0.25, 0.3) is 0 Å². The normalized spacial score (nSPS) is 13.5. The average Bonchev–Trinajstić information content (AvgIpc) is 2.46. The first-order chi connectivity index (χ1) is 9.44. The zero-order valence-corrected chi connectivity index (χ0v) is 12.2. The molecule has 0 radical (unpaired) electrons. The van der Waals surface area contributed by atoms with Gasteiger partial charge in [-0.05, 0) is 5.92 Å². The van der Waals surface area contributed by atoms with Gasteiger partial charge in [0, 0.05) is 12.1 Å². The van der Waals surface area contributed by atoms with Crippen molar-refractivity contribution in [3.05, 3.63) is 17.9 Å². The predicted molar refractivity (Wildman–Crippen MR) is 75.6 cm³/mol. The van der Waals surface area contributed by atoms with Gasteiger partial charge < -0.3 is 20.5 Å². The van der Waals surface area contributed by atoms with Crippen molar-refractivity contribution in [3.63, 3.8) is 0 Å². The molecule has 0 aliphatic heterocycles. The molecule has 5 nitrogen and oxygen atoms in total. The van der Waals surface area contributed by atoms with Crippen LogP contribution in [0.15, 0.2) is 12.1 Å². The molecule has 0 saturated carbocycles. The molecular formula is C14H21FN2O3. The second-order valence-electron chi connectivity index (χ2n) is 4.59. The Morgan fingerprint density at radius 2 is 1.90 bits per heavy atom. The summed E-state index contributed by atoms with van der Waals surface area (Å²) in [6.07, 6.45) is 0.767. The summed E-state index contributed by atoms with van der Waals surface area (Å²) in [4.78, 5) is 11.9. The van der Waals surface area contributed by atoms with Crippen molar-refractivity contribution < 1.29 is 18.7 Å². The van der Waals surface area contributed by atoms with Gasteiger partial charge in [-0.1, -0.05) is 20.3 Å². The molecule has 0 bridgehead atoms. The topological polar surface area (TPSA) is 73.6 Å². The van der Waals surface area contributed by atoms with Crippen molar-refractivity contribution in [3.8, 4) is 11.5 Å². The number of methoxy groups -OCH3 is 2. The average molecular weight is 284 g/mol. The lowest BCUT2D eigenvalue weighted by Crippen LogP contribution is -2.40. The fourth-order valence-corrected chi connectivity index (χ4v) is 1.68. The predicted octanol–water partition coefficient (Wildman–Crippen LogP) is 2.15. The van der Waals surface area contributed by atoms with E-state index < -0.39 is 17.8 Å². The Morgan fingerprint density at radius 1 is 1.35 bits per heavy atom. The highest BCUT2D eigenvalue weighted by Gasteiger charge is 2.21. The Kier molecular flexibility index (Phi) is 5.76. The molecule has 2 atom stereocenters. The van der Waals surface area contributed by atoms with Gasteiger partial charge in [-0.15, -0.1) is 0 Å². The molecule has 20 heavy (non-hydrogen) atoms. The summed E-state index contributed by atoms with van der Waals surface area (Å²) in [6, 6.07) is 1.84. The van der Waals surface area contributed by atoms with Crippen LogP contribution in [0.4, 0.5) is 10.1 Å². The Bertz CT molecular complexity index is 480. The molecule has 3 N–H and O–H groups in total. The third-order valence-electron chi connectivity index (χ3n) is 3.29. The molecule has 0 aliphatic carbocycles. The minimum Gasteiger partial charge on any atom is -0.493 e. The highest BCUT2D eigenvalue weighted by molar-refractivity contribution is 5.95. The van der Waals surface area contributed by atoms with Gasteiger partial charge >= 0.3 is 0 Å². The molecule has 1 rings (SSSR count). The molecule has 0 fully saturated rings. The number of halogens is 1. The number of hydrogen-bond donors (Lipinski definition) is 2. The lowest BCUT2D eigenvalue weighted by Gasteiger charge is -2.18. The Labute approximate surface area is 118 Å². The van der Waals surface area contributed by atoms with E-state index >= 15 is 0 Å². The van der Waals surface area contributed by atoms with Crippen LogP contribution in [0.1, 0.15) is 20.3 Å². The van der Waals surface area contributed by atoms with E-state index in [-0.39, 0.29) is 17.4 Å². The van der Waals surface area contributed by atoms with Crippen molar-refractivity contribution in [2.45, 2.75) is 26.3 Å². The lowest BCUT2D eigenvalue weighted by molar-refractivity contribution is -0.118. The van der Waals surface area contributed by atoms with Crippen LogP contribution in [-0.2, 0) is 4.79 Å². The van der Waals surface area contributed by atoms with Gasteiger partial charge in [0.1, 0.15) is 0 Å². The summed E-state index contributed by atoms with van der Waals surface area (Å²) in [5.41, 5.74) is 5.83. The number of rotatable bonds is 6. The molecule has 2 unspecified atom stereocenters. The van der Waals surface area contributed by atoms with Gasteiger partial charge in [0.15, 0.2) is 17.3 Å². The molecule has 0 aromatic heterocycles. The Morgan fingerprint density at radius 3 is 2.40 bits per heavy atom. The van der Waals surface area contributed by atoms with Gasteiger partial charge in [0.2, 0.25) is 5.91 Å². The largest absolute Gasteiger partial charge is 0.493 e. The minimum absolute atomic E-state index is 0.0122. The smallest absolute Gasteiger partial charge is 0.241 e. The third kappa shape index (κ3) is 3.60. The standard InChI is InChI=1S/C14H21FN2O3/c1-5-8(2)13(16)14(18)17-10-7-12(20-4)11(19-3)6-9(10)15/h6-8,13H,5,16H2,1-4H3,(H,17,18). The molecular weight excluding hydrogens is 263 g/mol. The van der Waals surface area contributed by atoms with E-state index in [4.69, 9.17) is 15.2 Å². The zero-order chi connectivity index (χ0) is 15.3. The molecule has 0 heterocycles. The van der Waals surface area contributed by atoms with E-state index in [0.29, 0.717) is 5.75 Å². The van der Waals surface area contributed by atoms with Gasteiger partial charge in [-0.2, -0.15) is 0 Å². The van der Waals surface area contributed by atoms with Crippen LogP contribution >= 0.6 is 0 Å². The zero-order valence-electron chi connectivity index (χ0n) is 12.2. The second kappa shape index (κ2) is 7.09. The monoisotopic (exact) mass is 284 g/mol. The van der Waals surface area contributed by atoms with Crippen molar-refractivity contribution >= 4 is 11.6 Å². The van der Waals surface area contributed by atoms with Crippen LogP contribution in [0.3, 0.4) is 0 Å². The van der Waals surface area contributed by atoms with Gasteiger partial charge in [-0.3, -0.25) is 4.79 Å². The van der Waals surface area contributed by atoms with Crippen LogP contribution in [-0.4, -0.2) is 26.2 Å². The molecule has 1 aromatic carbocycles. The fourth-order valence-electron chi connectivity index (χ4n) is 1.68. The number of nitrogens with two attached hydrogens (primary N) is 1. The summed E-state index contributed by atoms with van der Waals surface area (Å²) in [5.74, 6) is -0.424. The number of nitrogens with one attached hydrogen (secondary N) is 1. The molecule has 0 aliphatic rings. The SMILES string of the molecule is CCC(C)C(N)C(=O)Nc1cc(OC)c(OC)cc1F. The molecule has 6 heteroatoms. The van der Waals surface area contributed by atoms with Gasteiger partial charge in [0.05, 0.1) is 25.9 Å². The van der Waals surface area contributed by atoms with E-state index in [1.165, 1.54) is 20.3 Å². The maximum Gasteiger partial charge on any atom is 0.241 e. The Balaban J connectivity index is 2.95. The first kappa shape index (κ1) is 16.2. The van der Waals surface area contributed by atoms with E-state index in [9.17, 15) is 9.18 Å². The maximum atomic E-state index is 13.9. The van der Waals surface area contributed by atoms with Crippen LogP contribution in [0, 0.1) is 11.7 Å². The van der Waals surface area contributed by atoms with Gasteiger partial charge in [-0.25, -0.2) is 4.39 Å². The first-order valence-corrected chi connectivity index (χ1v) is 6.42. The number of benzene rings is 1. The van der Waals surface area contributed by atoms with Crippen molar-refractivity contribution in [1.29, 1.82) is 0 Å². The van der Waals surface area contributed by atoms with Crippen molar-refractivity contribution in [1.82, 2.24) is 0 Å². The number of carbonyl (C=O) groups excluding carboxylic acids is 1. The highest BCUT2D eigenvalue weighted by atomic mass is 19.1. The highest BCUT2D eigenvalue weighted by Crippen LogP contribution is 2.32. The van der Waals surface area contributed by atoms with Crippen LogP contribution in [0.25, 0.3) is 0 Å². The number of anilines is 1. The van der Waals surface area contributed by atoms with E-state index in [2.05, 4.69) is 5.32 Å². The molecule has 1 aromatic rings.